The first-order valence-corrected chi connectivity index (χ1v) is 8.26. The molecule has 0 atom stereocenters. The van der Waals surface area contributed by atoms with Gasteiger partial charge < -0.3 is 5.11 Å². The molecule has 0 unspecified atom stereocenters. The van der Waals surface area contributed by atoms with Crippen LogP contribution in [-0.2, 0) is 0 Å². The van der Waals surface area contributed by atoms with Gasteiger partial charge >= 0.3 is 6.18 Å². The lowest BCUT2D eigenvalue weighted by Gasteiger charge is -2.50. The second-order valence-corrected chi connectivity index (χ2v) is 7.97. The molecule has 2 fully saturated rings. The third-order valence-corrected chi connectivity index (χ3v) is 5.25. The van der Waals surface area contributed by atoms with E-state index in [0.29, 0.717) is 32.1 Å². The number of halogens is 3. The van der Waals surface area contributed by atoms with Crippen molar-refractivity contribution in [2.75, 3.05) is 32.7 Å². The van der Waals surface area contributed by atoms with E-state index in [9.17, 15) is 18.3 Å². The minimum atomic E-state index is -4.14. The first-order valence-electron chi connectivity index (χ1n) is 8.26. The molecule has 2 aliphatic rings. The summed E-state index contributed by atoms with van der Waals surface area (Å²) in [6.07, 6.45) is -0.480. The zero-order valence-electron chi connectivity index (χ0n) is 13.9. The Morgan fingerprint density at radius 2 is 1.73 bits per heavy atom. The molecule has 1 aliphatic carbocycles. The average Bonchev–Trinajstić information content (AvgIpc) is 2.34. The molecule has 0 spiro atoms. The maximum absolute atomic E-state index is 12.6. The molecule has 1 N–H and O–H groups in total. The molecule has 0 aromatic rings. The lowest BCUT2D eigenvalue weighted by atomic mass is 9.78. The Balaban J connectivity index is 1.93. The predicted octanol–water partition coefficient (Wildman–Crippen LogP) is 2.89. The van der Waals surface area contributed by atoms with E-state index in [2.05, 4.69) is 11.8 Å². The molecule has 130 valence electrons. The number of β-amino-alcohol motifs (C(OH)–C–C–N with tert-alkyl or cyclic N) is 1. The van der Waals surface area contributed by atoms with E-state index in [1.165, 1.54) is 4.90 Å². The third-order valence-electron chi connectivity index (χ3n) is 5.25. The molecule has 6 heteroatoms. The van der Waals surface area contributed by atoms with Crippen LogP contribution < -0.4 is 0 Å². The lowest BCUT2D eigenvalue weighted by molar-refractivity contribution is -0.158. The highest BCUT2D eigenvalue weighted by Gasteiger charge is 2.42. The Labute approximate surface area is 131 Å². The monoisotopic (exact) mass is 322 g/mol. The summed E-state index contributed by atoms with van der Waals surface area (Å²) < 4.78 is 37.7. The third kappa shape index (κ3) is 4.83. The molecule has 0 aromatic heterocycles. The molecule has 1 saturated carbocycles. The molecule has 1 aliphatic heterocycles. The van der Waals surface area contributed by atoms with Crippen LogP contribution in [0.4, 0.5) is 13.2 Å². The van der Waals surface area contributed by atoms with Crippen molar-refractivity contribution >= 4 is 0 Å². The number of hydrogen-bond donors (Lipinski definition) is 1. The molecule has 22 heavy (non-hydrogen) atoms. The Bertz CT molecular complexity index is 376. The summed E-state index contributed by atoms with van der Waals surface area (Å²) in [6, 6.07) is 0. The van der Waals surface area contributed by atoms with E-state index >= 15 is 0 Å². The van der Waals surface area contributed by atoms with Gasteiger partial charge in [0, 0.05) is 31.7 Å². The minimum Gasteiger partial charge on any atom is -0.389 e. The van der Waals surface area contributed by atoms with Gasteiger partial charge in [0.25, 0.3) is 0 Å². The van der Waals surface area contributed by atoms with Gasteiger partial charge in [0.15, 0.2) is 0 Å². The van der Waals surface area contributed by atoms with Crippen molar-refractivity contribution in [2.24, 2.45) is 5.92 Å². The standard InChI is InChI=1S/C16H29F3N2O/c1-13-4-6-15(22,7-5-13)11-21-9-8-20(10-14(21,2)3)12-16(17,18)19/h13,22H,4-12H2,1-3H3. The van der Waals surface area contributed by atoms with Crippen molar-refractivity contribution in [3.63, 3.8) is 0 Å². The van der Waals surface area contributed by atoms with Gasteiger partial charge in [-0.3, -0.25) is 9.80 Å². The second-order valence-electron chi connectivity index (χ2n) is 7.97. The Morgan fingerprint density at radius 1 is 1.14 bits per heavy atom. The van der Waals surface area contributed by atoms with E-state index in [0.717, 1.165) is 25.7 Å². The van der Waals surface area contributed by atoms with Crippen molar-refractivity contribution in [1.82, 2.24) is 9.80 Å². The average molecular weight is 322 g/mol. The molecule has 1 saturated heterocycles. The Hall–Kier alpha value is -0.330. The molecule has 0 radical (unpaired) electrons. The van der Waals surface area contributed by atoms with Gasteiger partial charge in [-0.2, -0.15) is 13.2 Å². The van der Waals surface area contributed by atoms with Gasteiger partial charge in [-0.25, -0.2) is 0 Å². The van der Waals surface area contributed by atoms with E-state index < -0.39 is 18.3 Å². The summed E-state index contributed by atoms with van der Waals surface area (Å²) in [6.45, 7) is 7.28. The summed E-state index contributed by atoms with van der Waals surface area (Å²) in [5.74, 6) is 0.664. The maximum Gasteiger partial charge on any atom is 0.401 e. The number of nitrogens with zero attached hydrogens (tertiary/aromatic N) is 2. The quantitative estimate of drug-likeness (QED) is 0.865. The lowest BCUT2D eigenvalue weighted by Crippen LogP contribution is -2.63. The van der Waals surface area contributed by atoms with Crippen molar-refractivity contribution in [2.45, 2.75) is 63.8 Å². The van der Waals surface area contributed by atoms with Crippen molar-refractivity contribution in [3.8, 4) is 0 Å². The van der Waals surface area contributed by atoms with Crippen LogP contribution in [0.15, 0.2) is 0 Å². The zero-order chi connectivity index (χ0) is 16.6. The fourth-order valence-corrected chi connectivity index (χ4v) is 3.79. The first-order chi connectivity index (χ1) is 9.99. The number of aliphatic hydroxyl groups is 1. The largest absolute Gasteiger partial charge is 0.401 e. The molecular weight excluding hydrogens is 293 g/mol. The van der Waals surface area contributed by atoms with Crippen LogP contribution in [0.5, 0.6) is 0 Å². The highest BCUT2D eigenvalue weighted by Crippen LogP contribution is 2.34. The van der Waals surface area contributed by atoms with Crippen LogP contribution in [0.3, 0.4) is 0 Å². The molecule has 0 aromatic carbocycles. The number of hydrogen-bond acceptors (Lipinski definition) is 3. The molecular formula is C16H29F3N2O. The van der Waals surface area contributed by atoms with Gasteiger partial charge in [-0.15, -0.1) is 0 Å². The molecule has 2 rings (SSSR count). The van der Waals surface area contributed by atoms with Crippen molar-refractivity contribution in [3.05, 3.63) is 0 Å². The summed E-state index contributed by atoms with van der Waals surface area (Å²) >= 11 is 0. The fourth-order valence-electron chi connectivity index (χ4n) is 3.79. The second kappa shape index (κ2) is 6.29. The highest BCUT2D eigenvalue weighted by molar-refractivity contribution is 4.96. The van der Waals surface area contributed by atoms with E-state index in [4.69, 9.17) is 0 Å². The van der Waals surface area contributed by atoms with Crippen LogP contribution in [0.2, 0.25) is 0 Å². The first kappa shape index (κ1) is 18.0. The Morgan fingerprint density at radius 3 is 2.23 bits per heavy atom. The molecule has 1 heterocycles. The van der Waals surface area contributed by atoms with Gasteiger partial charge in [-0.1, -0.05) is 6.92 Å². The SMILES string of the molecule is CC1CCC(O)(CN2CCN(CC(F)(F)F)CC2(C)C)CC1. The van der Waals surface area contributed by atoms with Gasteiger partial charge in [0.05, 0.1) is 12.1 Å². The number of rotatable bonds is 3. The van der Waals surface area contributed by atoms with Crippen LogP contribution in [0.1, 0.15) is 46.5 Å². The maximum atomic E-state index is 12.6. The van der Waals surface area contributed by atoms with Crippen LogP contribution in [0, 0.1) is 5.92 Å². The fraction of sp³-hybridized carbons (Fsp3) is 1.00. The topological polar surface area (TPSA) is 26.7 Å². The normalized spacial score (nSPS) is 34.8. The van der Waals surface area contributed by atoms with E-state index in [1.54, 1.807) is 0 Å². The summed E-state index contributed by atoms with van der Waals surface area (Å²) in [7, 11) is 0. The summed E-state index contributed by atoms with van der Waals surface area (Å²) in [5, 5.41) is 10.8. The molecule has 0 bridgehead atoms. The predicted molar refractivity (Wildman–Crippen MR) is 80.7 cm³/mol. The molecule has 0 amide bonds. The molecule has 3 nitrogen and oxygen atoms in total. The minimum absolute atomic E-state index is 0.345. The van der Waals surface area contributed by atoms with E-state index in [1.807, 2.05) is 13.8 Å². The van der Waals surface area contributed by atoms with E-state index in [-0.39, 0.29) is 5.54 Å². The van der Waals surface area contributed by atoms with Crippen molar-refractivity contribution < 1.29 is 18.3 Å². The van der Waals surface area contributed by atoms with Crippen molar-refractivity contribution in [1.29, 1.82) is 0 Å². The zero-order valence-corrected chi connectivity index (χ0v) is 13.9. The smallest absolute Gasteiger partial charge is 0.389 e. The van der Waals surface area contributed by atoms with Gasteiger partial charge in [-0.05, 0) is 45.4 Å². The summed E-state index contributed by atoms with van der Waals surface area (Å²) in [5.41, 5.74) is -1.02. The van der Waals surface area contributed by atoms with Gasteiger partial charge in [0.1, 0.15) is 0 Å². The number of alkyl halides is 3. The van der Waals surface area contributed by atoms with Crippen LogP contribution >= 0.6 is 0 Å². The summed E-state index contributed by atoms with van der Waals surface area (Å²) in [4.78, 5) is 3.65. The highest BCUT2D eigenvalue weighted by atomic mass is 19.4. The van der Waals surface area contributed by atoms with Crippen LogP contribution in [-0.4, -0.2) is 64.9 Å². The number of piperazine rings is 1. The van der Waals surface area contributed by atoms with Crippen LogP contribution in [0.25, 0.3) is 0 Å². The van der Waals surface area contributed by atoms with Gasteiger partial charge in [0.2, 0.25) is 0 Å². The Kier molecular flexibility index (Phi) is 5.15.